The minimum Gasteiger partial charge on any atom is -0.412 e. The Morgan fingerprint density at radius 2 is 0.200 bits per heavy atom. The van der Waals surface area contributed by atoms with Gasteiger partial charge in [-0.1, -0.05) is 0 Å². The molecule has 0 rings (SSSR count). The largest absolute Gasteiger partial charge is 0.412 e. The van der Waals surface area contributed by atoms with Gasteiger partial charge in [0.2, 0.25) is 0 Å². The summed E-state index contributed by atoms with van der Waals surface area (Å²) in [4.78, 5) is 0. The maximum absolute atomic E-state index is 6.47. The molecule has 25 heavy (non-hydrogen) atoms. The van der Waals surface area contributed by atoms with Crippen LogP contribution in [0.2, 0.25) is 0 Å². The zero-order valence-electron chi connectivity index (χ0n) is 11.1. The van der Waals surface area contributed by atoms with Gasteiger partial charge in [-0.15, -0.1) is 0 Å². The van der Waals surface area contributed by atoms with Crippen LogP contribution in [0.5, 0.6) is 0 Å². The van der Waals surface area contributed by atoms with Crippen molar-refractivity contribution in [2.45, 2.75) is 0 Å². The fourth-order valence-corrected chi connectivity index (χ4v) is 0. The van der Waals surface area contributed by atoms with E-state index in [1.54, 1.807) is 0 Å². The average molecular weight is 655 g/mol. The van der Waals surface area contributed by atoms with E-state index in [1.807, 2.05) is 0 Å². The maximum Gasteiger partial charge on any atom is 0.0579 e. The van der Waals surface area contributed by atoms with E-state index < -0.39 is 0 Å². The van der Waals surface area contributed by atoms with Gasteiger partial charge in [0.05, 0.1) is 94.9 Å². The predicted octanol–water partition coefficient (Wildman–Crippen LogP) is -5.54. The first kappa shape index (κ1) is 174. The van der Waals surface area contributed by atoms with Crippen LogP contribution in [0.1, 0.15) is 0 Å². The molecule has 0 saturated heterocycles. The SMILES string of the molecule is O.O.O.O.O.O.O.O.OCl.OCl.OCl.OCl.OCl.OCl.OCl.OCl.[Zr]. The van der Waals surface area contributed by atoms with E-state index in [4.69, 9.17) is 37.3 Å². The van der Waals surface area contributed by atoms with E-state index in [0.717, 1.165) is 0 Å². The molecule has 0 aliphatic rings. The smallest absolute Gasteiger partial charge is 0.0579 e. The molecule has 0 aliphatic carbocycles. The number of hydrogen-bond donors (Lipinski definition) is 8. The maximum atomic E-state index is 6.47. The molecule has 0 spiro atoms. The van der Waals surface area contributed by atoms with E-state index in [-0.39, 0.29) is 70.0 Å². The molecule has 180 valence electrons. The summed E-state index contributed by atoms with van der Waals surface area (Å²) in [5.74, 6) is 0. The summed E-state index contributed by atoms with van der Waals surface area (Å²) in [6.07, 6.45) is 0. The Labute approximate surface area is 201 Å². The van der Waals surface area contributed by atoms with Gasteiger partial charge in [-0.25, -0.2) is 0 Å². The molecule has 0 heterocycles. The van der Waals surface area contributed by atoms with Crippen LogP contribution in [0.25, 0.3) is 0 Å². The molecule has 16 nitrogen and oxygen atoms in total. The van der Waals surface area contributed by atoms with Gasteiger partial charge in [-0.2, -0.15) is 0 Å². The first-order chi connectivity index (χ1) is 8.00. The second-order valence-corrected chi connectivity index (χ2v) is 0. The van der Waals surface area contributed by atoms with Crippen LogP contribution >= 0.6 is 94.9 Å². The van der Waals surface area contributed by atoms with Crippen molar-refractivity contribution in [1.82, 2.24) is 0 Å². The van der Waals surface area contributed by atoms with Crippen LogP contribution in [0.3, 0.4) is 0 Å². The molecule has 0 atom stereocenters. The Balaban J connectivity index is -0.00000000186. The van der Waals surface area contributed by atoms with Crippen molar-refractivity contribution < 1.29 is 107 Å². The Morgan fingerprint density at radius 1 is 0.200 bits per heavy atom. The van der Waals surface area contributed by atoms with Crippen molar-refractivity contribution in [3.63, 3.8) is 0 Å². The normalized spacial score (nSPS) is 1.92. The van der Waals surface area contributed by atoms with Crippen LogP contribution in [-0.2, 0) is 26.2 Å². The van der Waals surface area contributed by atoms with Crippen LogP contribution in [0, 0.1) is 0 Å². The molecule has 24 N–H and O–H groups in total. The molecule has 0 unspecified atom stereocenters. The summed E-state index contributed by atoms with van der Waals surface area (Å²) in [5.41, 5.74) is 0. The Kier molecular flexibility index (Phi) is 18400. The minimum absolute atomic E-state index is 0. The predicted molar refractivity (Wildman–Crippen MR) is 93.5 cm³/mol. The molecule has 0 aromatic heterocycles. The van der Waals surface area contributed by atoms with E-state index in [2.05, 4.69) is 94.9 Å². The first-order valence-corrected chi connectivity index (χ1v) is 4.06. The zero-order valence-corrected chi connectivity index (χ0v) is 19.6. The molecular weight excluding hydrogens is 631 g/mol. The third kappa shape index (κ3) is 2440. The summed E-state index contributed by atoms with van der Waals surface area (Å²) >= 11 is 29.1. The van der Waals surface area contributed by atoms with Crippen LogP contribution in [-0.4, -0.2) is 81.1 Å². The van der Waals surface area contributed by atoms with E-state index in [0.29, 0.717) is 0 Å². The first-order valence-electron chi connectivity index (χ1n) is 1.35. The summed E-state index contributed by atoms with van der Waals surface area (Å²) in [7, 11) is 0. The van der Waals surface area contributed by atoms with Gasteiger partial charge >= 0.3 is 0 Å². The van der Waals surface area contributed by atoms with Crippen molar-refractivity contribution in [2.24, 2.45) is 0 Å². The molecule has 0 aromatic carbocycles. The van der Waals surface area contributed by atoms with Gasteiger partial charge in [-0.3, -0.25) is 37.3 Å². The van der Waals surface area contributed by atoms with Crippen molar-refractivity contribution in [3.05, 3.63) is 0 Å². The standard InChI is InChI=1S/8ClHO.8H2O.Zr/c8*1-2;;;;;;;;;/h8*2H;8*1H2;. The Hall–Kier alpha value is 2.56. The van der Waals surface area contributed by atoms with Crippen molar-refractivity contribution >= 4 is 94.9 Å². The summed E-state index contributed by atoms with van der Waals surface area (Å²) in [6.45, 7) is 0. The molecule has 0 radical (unpaired) electrons. The monoisotopic (exact) mass is 650 g/mol. The number of halogens is 8. The number of hydrogen-bond acceptors (Lipinski definition) is 8. The molecule has 0 amide bonds. The van der Waals surface area contributed by atoms with Crippen LogP contribution in [0.4, 0.5) is 0 Å². The fraction of sp³-hybridized carbons (Fsp3) is 0. The second-order valence-electron chi connectivity index (χ2n) is 0. The van der Waals surface area contributed by atoms with E-state index in [1.165, 1.54) is 0 Å². The topological polar surface area (TPSA) is 414 Å². The second kappa shape index (κ2) is 2640. The number of rotatable bonds is 0. The minimum atomic E-state index is 0. The molecule has 0 aromatic rings. The van der Waals surface area contributed by atoms with Crippen molar-refractivity contribution in [1.29, 1.82) is 0 Å². The summed E-state index contributed by atoms with van der Waals surface area (Å²) < 4.78 is 51.8. The van der Waals surface area contributed by atoms with Crippen LogP contribution < -0.4 is 0 Å². The molecule has 0 aliphatic heterocycles. The van der Waals surface area contributed by atoms with E-state index in [9.17, 15) is 0 Å². The van der Waals surface area contributed by atoms with Gasteiger partial charge in [-0.05, 0) is 0 Å². The van der Waals surface area contributed by atoms with Gasteiger partial charge in [0, 0.05) is 26.2 Å². The third-order valence-corrected chi connectivity index (χ3v) is 0. The molecule has 25 heteroatoms. The van der Waals surface area contributed by atoms with E-state index >= 15 is 0 Å². The quantitative estimate of drug-likeness (QED) is 0.124. The zero-order chi connectivity index (χ0) is 16.0. The Bertz CT molecular complexity index is 28.1. The van der Waals surface area contributed by atoms with Gasteiger partial charge in [0.1, 0.15) is 0 Å². The molecule has 0 bridgehead atoms. The van der Waals surface area contributed by atoms with Gasteiger partial charge < -0.3 is 43.8 Å². The molecule has 0 fully saturated rings. The fourth-order valence-electron chi connectivity index (χ4n) is 0. The summed E-state index contributed by atoms with van der Waals surface area (Å²) in [5, 5.41) is 0. The summed E-state index contributed by atoms with van der Waals surface area (Å²) in [6, 6.07) is 0. The van der Waals surface area contributed by atoms with Gasteiger partial charge in [0.15, 0.2) is 0 Å². The van der Waals surface area contributed by atoms with Crippen molar-refractivity contribution in [3.8, 4) is 0 Å². The van der Waals surface area contributed by atoms with Crippen molar-refractivity contribution in [2.75, 3.05) is 0 Å². The molecular formula is H24Cl8O16Zr. The third-order valence-electron chi connectivity index (χ3n) is 0. The average Bonchev–Trinajstić information content (AvgIpc) is 2.54. The molecule has 0 saturated carbocycles. The Morgan fingerprint density at radius 3 is 0.200 bits per heavy atom. The van der Waals surface area contributed by atoms with Crippen LogP contribution in [0.15, 0.2) is 0 Å². The van der Waals surface area contributed by atoms with Gasteiger partial charge in [0.25, 0.3) is 0 Å².